The van der Waals surface area contributed by atoms with E-state index in [0.29, 0.717) is 25.3 Å². The Labute approximate surface area is 165 Å². The molecule has 0 atom stereocenters. The van der Waals surface area contributed by atoms with Crippen molar-refractivity contribution in [2.45, 2.75) is 32.7 Å². The third kappa shape index (κ3) is 5.00. The smallest absolute Gasteiger partial charge is 0.409 e. The molecule has 2 aromatic rings. The van der Waals surface area contributed by atoms with Gasteiger partial charge in [0.25, 0.3) is 5.91 Å². The topological polar surface area (TPSA) is 83.6 Å². The van der Waals surface area contributed by atoms with E-state index in [2.05, 4.69) is 15.6 Å². The van der Waals surface area contributed by atoms with Crippen LogP contribution in [0.5, 0.6) is 0 Å². The number of likely N-dealkylation sites (tertiary alicyclic amines) is 1. The molecule has 1 aliphatic rings. The van der Waals surface area contributed by atoms with Gasteiger partial charge in [0, 0.05) is 31.0 Å². The van der Waals surface area contributed by atoms with Gasteiger partial charge in [-0.1, -0.05) is 18.2 Å². The molecule has 1 aromatic heterocycles. The van der Waals surface area contributed by atoms with Gasteiger partial charge in [0.1, 0.15) is 5.82 Å². The predicted octanol–water partition coefficient (Wildman–Crippen LogP) is 3.68. The van der Waals surface area contributed by atoms with Gasteiger partial charge in [-0.15, -0.1) is 0 Å². The number of para-hydroxylation sites is 1. The maximum absolute atomic E-state index is 12.4. The lowest BCUT2D eigenvalue weighted by molar-refractivity contribution is 0.0982. The number of amides is 2. The maximum atomic E-state index is 12.4. The number of ether oxygens (including phenoxy) is 1. The van der Waals surface area contributed by atoms with Crippen molar-refractivity contribution in [3.63, 3.8) is 0 Å². The van der Waals surface area contributed by atoms with Gasteiger partial charge in [0.05, 0.1) is 12.2 Å². The molecule has 0 unspecified atom stereocenters. The standard InChI is InChI=1S/C21H26N4O3/c1-3-28-21(27)25-12-10-17(11-13-25)23-19-9-8-16(14-22-19)20(26)24-18-7-5-4-6-15(18)2/h4-9,14,17H,3,10-13H2,1-2H3,(H,22,23)(H,24,26). The lowest BCUT2D eigenvalue weighted by Crippen LogP contribution is -2.42. The van der Waals surface area contributed by atoms with E-state index in [1.54, 1.807) is 17.2 Å². The van der Waals surface area contributed by atoms with Crippen LogP contribution in [0.15, 0.2) is 42.6 Å². The molecule has 0 bridgehead atoms. The van der Waals surface area contributed by atoms with Gasteiger partial charge in [-0.25, -0.2) is 9.78 Å². The van der Waals surface area contributed by atoms with Crippen LogP contribution in [-0.2, 0) is 4.74 Å². The van der Waals surface area contributed by atoms with Crippen molar-refractivity contribution in [2.24, 2.45) is 0 Å². The number of anilines is 2. The van der Waals surface area contributed by atoms with Crippen molar-refractivity contribution in [3.8, 4) is 0 Å². The van der Waals surface area contributed by atoms with Gasteiger partial charge in [-0.2, -0.15) is 0 Å². The lowest BCUT2D eigenvalue weighted by atomic mass is 10.1. The number of rotatable bonds is 5. The summed E-state index contributed by atoms with van der Waals surface area (Å²) in [5.41, 5.74) is 2.31. The quantitative estimate of drug-likeness (QED) is 0.824. The SMILES string of the molecule is CCOC(=O)N1CCC(Nc2ccc(C(=O)Nc3ccccc3C)cn2)CC1. The van der Waals surface area contributed by atoms with Crippen LogP contribution in [0.4, 0.5) is 16.3 Å². The van der Waals surface area contributed by atoms with Gasteiger partial charge < -0.3 is 20.3 Å². The minimum atomic E-state index is -0.247. The summed E-state index contributed by atoms with van der Waals surface area (Å²) in [6.07, 6.45) is 2.98. The molecule has 0 aliphatic carbocycles. The molecule has 2 N–H and O–H groups in total. The Kier molecular flexibility index (Phi) is 6.47. The number of hydrogen-bond donors (Lipinski definition) is 2. The van der Waals surface area contributed by atoms with E-state index < -0.39 is 0 Å². The summed E-state index contributed by atoms with van der Waals surface area (Å²) in [4.78, 5) is 30.2. The highest BCUT2D eigenvalue weighted by Crippen LogP contribution is 2.18. The second-order valence-electron chi connectivity index (χ2n) is 6.81. The summed E-state index contributed by atoms with van der Waals surface area (Å²) < 4.78 is 5.04. The molecule has 0 radical (unpaired) electrons. The first-order chi connectivity index (χ1) is 13.6. The molecule has 2 heterocycles. The highest BCUT2D eigenvalue weighted by Gasteiger charge is 2.23. The van der Waals surface area contributed by atoms with E-state index in [9.17, 15) is 9.59 Å². The van der Waals surface area contributed by atoms with Gasteiger partial charge in [0.15, 0.2) is 0 Å². The van der Waals surface area contributed by atoms with Crippen molar-refractivity contribution in [3.05, 3.63) is 53.7 Å². The molecule has 1 aromatic carbocycles. The Hall–Kier alpha value is -3.09. The summed E-state index contributed by atoms with van der Waals surface area (Å²) in [5.74, 6) is 0.540. The fourth-order valence-electron chi connectivity index (χ4n) is 3.15. The number of benzene rings is 1. The number of pyridine rings is 1. The summed E-state index contributed by atoms with van der Waals surface area (Å²) in [5, 5.41) is 6.28. The zero-order valence-corrected chi connectivity index (χ0v) is 16.3. The first kappa shape index (κ1) is 19.7. The van der Waals surface area contributed by atoms with E-state index in [4.69, 9.17) is 4.74 Å². The molecule has 1 fully saturated rings. The Balaban J connectivity index is 1.52. The molecular weight excluding hydrogens is 356 g/mol. The number of carbonyl (C=O) groups excluding carboxylic acids is 2. The first-order valence-electron chi connectivity index (χ1n) is 9.58. The molecule has 148 valence electrons. The molecule has 1 aliphatic heterocycles. The van der Waals surface area contributed by atoms with Crippen molar-refractivity contribution in [1.29, 1.82) is 0 Å². The van der Waals surface area contributed by atoms with Crippen LogP contribution in [0.1, 0.15) is 35.7 Å². The maximum Gasteiger partial charge on any atom is 0.409 e. The van der Waals surface area contributed by atoms with Crippen LogP contribution in [0.3, 0.4) is 0 Å². The predicted molar refractivity (Wildman–Crippen MR) is 109 cm³/mol. The van der Waals surface area contributed by atoms with E-state index in [-0.39, 0.29) is 18.0 Å². The van der Waals surface area contributed by atoms with Crippen molar-refractivity contribution in [2.75, 3.05) is 30.3 Å². The summed E-state index contributed by atoms with van der Waals surface area (Å²) in [6.45, 7) is 5.47. The molecular formula is C21H26N4O3. The van der Waals surface area contributed by atoms with Crippen LogP contribution in [0.2, 0.25) is 0 Å². The molecule has 7 heteroatoms. The largest absolute Gasteiger partial charge is 0.450 e. The number of nitrogens with zero attached hydrogens (tertiary/aromatic N) is 2. The zero-order valence-electron chi connectivity index (χ0n) is 16.3. The highest BCUT2D eigenvalue weighted by molar-refractivity contribution is 6.04. The monoisotopic (exact) mass is 382 g/mol. The summed E-state index contributed by atoms with van der Waals surface area (Å²) in [7, 11) is 0. The van der Waals surface area contributed by atoms with Crippen LogP contribution in [0, 0.1) is 6.92 Å². The van der Waals surface area contributed by atoms with Gasteiger partial charge >= 0.3 is 6.09 Å². The van der Waals surface area contributed by atoms with Crippen LogP contribution < -0.4 is 10.6 Å². The van der Waals surface area contributed by atoms with Crippen LogP contribution in [0.25, 0.3) is 0 Å². The summed E-state index contributed by atoms with van der Waals surface area (Å²) in [6, 6.07) is 11.5. The normalized spacial score (nSPS) is 14.4. The molecule has 0 spiro atoms. The van der Waals surface area contributed by atoms with Gasteiger partial charge in [-0.05, 0) is 50.5 Å². The molecule has 28 heavy (non-hydrogen) atoms. The minimum absolute atomic E-state index is 0.184. The number of hydrogen-bond acceptors (Lipinski definition) is 5. The number of aryl methyl sites for hydroxylation is 1. The van der Waals surface area contributed by atoms with Crippen molar-refractivity contribution >= 4 is 23.5 Å². The molecule has 0 saturated carbocycles. The minimum Gasteiger partial charge on any atom is -0.450 e. The third-order valence-electron chi connectivity index (χ3n) is 4.79. The molecule has 1 saturated heterocycles. The lowest BCUT2D eigenvalue weighted by Gasteiger charge is -2.31. The molecule has 2 amide bonds. The summed E-state index contributed by atoms with van der Waals surface area (Å²) >= 11 is 0. The van der Waals surface area contributed by atoms with E-state index >= 15 is 0 Å². The van der Waals surface area contributed by atoms with Crippen LogP contribution >= 0.6 is 0 Å². The fraction of sp³-hybridized carbons (Fsp3) is 0.381. The fourth-order valence-corrected chi connectivity index (χ4v) is 3.15. The Morgan fingerprint density at radius 2 is 1.93 bits per heavy atom. The number of piperidine rings is 1. The number of carbonyl (C=O) groups is 2. The Morgan fingerprint density at radius 3 is 2.57 bits per heavy atom. The van der Waals surface area contributed by atoms with Crippen LogP contribution in [-0.4, -0.2) is 47.6 Å². The number of nitrogens with one attached hydrogen (secondary N) is 2. The Morgan fingerprint density at radius 1 is 1.18 bits per heavy atom. The molecule has 3 rings (SSSR count). The second-order valence-corrected chi connectivity index (χ2v) is 6.81. The Bertz CT molecular complexity index is 815. The highest BCUT2D eigenvalue weighted by atomic mass is 16.6. The average molecular weight is 382 g/mol. The zero-order chi connectivity index (χ0) is 19.9. The number of aromatic nitrogens is 1. The van der Waals surface area contributed by atoms with Crippen molar-refractivity contribution in [1.82, 2.24) is 9.88 Å². The van der Waals surface area contributed by atoms with Gasteiger partial charge in [-0.3, -0.25) is 4.79 Å². The van der Waals surface area contributed by atoms with Gasteiger partial charge in [0.2, 0.25) is 0 Å². The van der Waals surface area contributed by atoms with E-state index in [1.807, 2.05) is 44.2 Å². The third-order valence-corrected chi connectivity index (χ3v) is 4.79. The van der Waals surface area contributed by atoms with Crippen molar-refractivity contribution < 1.29 is 14.3 Å². The molecule has 7 nitrogen and oxygen atoms in total. The second kappa shape index (κ2) is 9.21. The van der Waals surface area contributed by atoms with E-state index in [1.165, 1.54) is 0 Å². The van der Waals surface area contributed by atoms with E-state index in [0.717, 1.165) is 29.9 Å². The first-order valence-corrected chi connectivity index (χ1v) is 9.58. The average Bonchev–Trinajstić information content (AvgIpc) is 2.71.